The van der Waals surface area contributed by atoms with E-state index in [4.69, 9.17) is 11.6 Å². The summed E-state index contributed by atoms with van der Waals surface area (Å²) in [6.45, 7) is 1.97. The van der Waals surface area contributed by atoms with E-state index < -0.39 is 0 Å². The van der Waals surface area contributed by atoms with E-state index in [0.717, 1.165) is 21.8 Å². The summed E-state index contributed by atoms with van der Waals surface area (Å²) in [5, 5.41) is 3.93. The number of amides is 1. The van der Waals surface area contributed by atoms with Gasteiger partial charge in [-0.1, -0.05) is 18.0 Å². The van der Waals surface area contributed by atoms with E-state index in [1.165, 1.54) is 25.7 Å². The molecule has 2 saturated carbocycles. The van der Waals surface area contributed by atoms with Crippen molar-refractivity contribution in [2.75, 3.05) is 0 Å². The molecule has 2 fully saturated rings. The first-order chi connectivity index (χ1) is 9.61. The number of rotatable bonds is 4. The maximum atomic E-state index is 12.3. The number of hydrogen-bond donors (Lipinski definition) is 1. The van der Waals surface area contributed by atoms with Crippen LogP contribution in [0.3, 0.4) is 0 Å². The van der Waals surface area contributed by atoms with Gasteiger partial charge in [0, 0.05) is 16.0 Å². The van der Waals surface area contributed by atoms with Crippen LogP contribution in [0.25, 0.3) is 0 Å². The molecule has 4 heteroatoms. The molecular weight excluding hydrogens is 290 g/mol. The summed E-state index contributed by atoms with van der Waals surface area (Å²) in [6, 6.07) is 8.09. The number of carbonyl (C=O) groups excluding carboxylic acids is 1. The lowest BCUT2D eigenvalue weighted by Gasteiger charge is -2.24. The van der Waals surface area contributed by atoms with Gasteiger partial charge in [-0.3, -0.25) is 4.79 Å². The number of thioether (sulfide) groups is 1. The average molecular weight is 310 g/mol. The normalized spacial score (nSPS) is 29.4. The van der Waals surface area contributed by atoms with Crippen molar-refractivity contribution in [2.24, 2.45) is 11.8 Å². The van der Waals surface area contributed by atoms with Crippen molar-refractivity contribution in [3.05, 3.63) is 29.3 Å². The third kappa shape index (κ3) is 3.15. The maximum Gasteiger partial charge on any atom is 0.233 e. The molecule has 2 aliphatic rings. The topological polar surface area (TPSA) is 29.1 Å². The van der Waals surface area contributed by atoms with Gasteiger partial charge in [-0.05, 0) is 62.3 Å². The van der Waals surface area contributed by atoms with E-state index in [0.29, 0.717) is 6.04 Å². The van der Waals surface area contributed by atoms with Crippen molar-refractivity contribution >= 4 is 29.3 Å². The molecule has 20 heavy (non-hydrogen) atoms. The number of carbonyl (C=O) groups is 1. The molecule has 1 N–H and O–H groups in total. The lowest BCUT2D eigenvalue weighted by molar-refractivity contribution is -0.121. The van der Waals surface area contributed by atoms with Crippen LogP contribution >= 0.6 is 23.4 Å². The van der Waals surface area contributed by atoms with Crippen LogP contribution in [0.2, 0.25) is 5.02 Å². The van der Waals surface area contributed by atoms with E-state index in [2.05, 4.69) is 5.32 Å². The van der Waals surface area contributed by atoms with Crippen LogP contribution in [0.5, 0.6) is 0 Å². The maximum absolute atomic E-state index is 12.3. The molecule has 0 aromatic heterocycles. The molecule has 0 unspecified atom stereocenters. The molecule has 108 valence electrons. The average Bonchev–Trinajstić information content (AvgIpc) is 3.03. The summed E-state index contributed by atoms with van der Waals surface area (Å²) < 4.78 is 0. The lowest BCUT2D eigenvalue weighted by atomic mass is 9.95. The van der Waals surface area contributed by atoms with Crippen molar-refractivity contribution in [1.29, 1.82) is 0 Å². The Morgan fingerprint density at radius 3 is 2.65 bits per heavy atom. The van der Waals surface area contributed by atoms with Crippen LogP contribution in [0.1, 0.15) is 32.6 Å². The first kappa shape index (κ1) is 14.3. The number of benzene rings is 1. The fourth-order valence-corrected chi connectivity index (χ4v) is 4.49. The van der Waals surface area contributed by atoms with Gasteiger partial charge in [0.1, 0.15) is 0 Å². The smallest absolute Gasteiger partial charge is 0.233 e. The highest BCUT2D eigenvalue weighted by Gasteiger charge is 2.40. The van der Waals surface area contributed by atoms with Gasteiger partial charge in [0.15, 0.2) is 0 Å². The Bertz CT molecular complexity index is 490. The van der Waals surface area contributed by atoms with Crippen molar-refractivity contribution < 1.29 is 4.79 Å². The van der Waals surface area contributed by atoms with E-state index in [-0.39, 0.29) is 11.2 Å². The second kappa shape index (κ2) is 5.98. The van der Waals surface area contributed by atoms with E-state index in [9.17, 15) is 4.79 Å². The summed E-state index contributed by atoms with van der Waals surface area (Å²) in [5.41, 5.74) is 0. The minimum atomic E-state index is -0.0599. The fraction of sp³-hybridized carbons (Fsp3) is 0.562. The molecule has 1 aromatic rings. The van der Waals surface area contributed by atoms with Gasteiger partial charge < -0.3 is 5.32 Å². The zero-order valence-electron chi connectivity index (χ0n) is 11.6. The van der Waals surface area contributed by atoms with Crippen LogP contribution in [0.15, 0.2) is 29.2 Å². The van der Waals surface area contributed by atoms with E-state index in [1.54, 1.807) is 11.8 Å². The molecule has 2 bridgehead atoms. The summed E-state index contributed by atoms with van der Waals surface area (Å²) in [7, 11) is 0. The second-order valence-electron chi connectivity index (χ2n) is 6.00. The Labute approximate surface area is 129 Å². The summed E-state index contributed by atoms with van der Waals surface area (Å²) in [4.78, 5) is 13.4. The monoisotopic (exact) mass is 309 g/mol. The van der Waals surface area contributed by atoms with Crippen LogP contribution in [0, 0.1) is 11.8 Å². The highest BCUT2D eigenvalue weighted by atomic mass is 35.5. The minimum Gasteiger partial charge on any atom is -0.352 e. The molecule has 1 aromatic carbocycles. The van der Waals surface area contributed by atoms with Crippen molar-refractivity contribution in [3.8, 4) is 0 Å². The Morgan fingerprint density at radius 2 is 2.05 bits per heavy atom. The van der Waals surface area contributed by atoms with Crippen molar-refractivity contribution in [3.63, 3.8) is 0 Å². The summed E-state index contributed by atoms with van der Waals surface area (Å²) in [6.07, 6.45) is 5.18. The Morgan fingerprint density at radius 1 is 1.30 bits per heavy atom. The lowest BCUT2D eigenvalue weighted by Crippen LogP contribution is -2.42. The third-order valence-corrected chi connectivity index (χ3v) is 5.93. The quantitative estimate of drug-likeness (QED) is 0.847. The molecule has 0 spiro atoms. The summed E-state index contributed by atoms with van der Waals surface area (Å²) >= 11 is 7.46. The minimum absolute atomic E-state index is 0.0599. The van der Waals surface area contributed by atoms with Gasteiger partial charge >= 0.3 is 0 Å². The molecule has 4 atom stereocenters. The molecule has 3 rings (SSSR count). The molecule has 0 heterocycles. The highest BCUT2D eigenvalue weighted by molar-refractivity contribution is 8.00. The first-order valence-electron chi connectivity index (χ1n) is 7.34. The van der Waals surface area contributed by atoms with Gasteiger partial charge in [0.05, 0.1) is 5.25 Å². The second-order valence-corrected chi connectivity index (χ2v) is 7.85. The van der Waals surface area contributed by atoms with Crippen LogP contribution in [0.4, 0.5) is 0 Å². The van der Waals surface area contributed by atoms with E-state index >= 15 is 0 Å². The number of fused-ring (bicyclic) bond motifs is 2. The third-order valence-electron chi connectivity index (χ3n) is 4.56. The molecule has 0 aliphatic heterocycles. The Balaban J connectivity index is 1.53. The molecule has 0 radical (unpaired) electrons. The van der Waals surface area contributed by atoms with Crippen molar-refractivity contribution in [2.45, 2.75) is 48.8 Å². The van der Waals surface area contributed by atoms with Crippen LogP contribution in [-0.2, 0) is 4.79 Å². The van der Waals surface area contributed by atoms with Gasteiger partial charge in [-0.25, -0.2) is 0 Å². The number of hydrogen-bond acceptors (Lipinski definition) is 2. The SMILES string of the molecule is C[C@@H](Sc1ccc(Cl)cc1)C(=O)N[C@H]1C[C@H]2CC[C@H]1C2. The molecule has 1 amide bonds. The standard InChI is InChI=1S/C16H20ClNOS/c1-10(20-14-6-4-13(17)5-7-14)16(19)18-15-9-11-2-3-12(15)8-11/h4-7,10-12,15H,2-3,8-9H2,1H3,(H,18,19)/t10-,11+,12+,15+/m1/s1. The molecule has 0 saturated heterocycles. The first-order valence-corrected chi connectivity index (χ1v) is 8.60. The highest BCUT2D eigenvalue weighted by Crippen LogP contribution is 2.44. The van der Waals surface area contributed by atoms with Crippen molar-refractivity contribution in [1.82, 2.24) is 5.32 Å². The van der Waals surface area contributed by atoms with Gasteiger partial charge in [-0.15, -0.1) is 11.8 Å². The van der Waals surface area contributed by atoms with Gasteiger partial charge in [-0.2, -0.15) is 0 Å². The number of nitrogens with one attached hydrogen (secondary N) is 1. The molecule has 2 aliphatic carbocycles. The van der Waals surface area contributed by atoms with Crippen LogP contribution < -0.4 is 5.32 Å². The zero-order chi connectivity index (χ0) is 14.1. The fourth-order valence-electron chi connectivity index (χ4n) is 3.49. The molecular formula is C16H20ClNOS. The Kier molecular flexibility index (Phi) is 4.27. The van der Waals surface area contributed by atoms with Gasteiger partial charge in [0.2, 0.25) is 5.91 Å². The molecule has 2 nitrogen and oxygen atoms in total. The Hall–Kier alpha value is -0.670. The number of halogens is 1. The zero-order valence-corrected chi connectivity index (χ0v) is 13.2. The largest absolute Gasteiger partial charge is 0.352 e. The predicted molar refractivity (Wildman–Crippen MR) is 84.1 cm³/mol. The van der Waals surface area contributed by atoms with Crippen LogP contribution in [-0.4, -0.2) is 17.2 Å². The van der Waals surface area contributed by atoms with Gasteiger partial charge in [0.25, 0.3) is 0 Å². The summed E-state index contributed by atoms with van der Waals surface area (Å²) in [5.74, 6) is 1.77. The van der Waals surface area contributed by atoms with E-state index in [1.807, 2.05) is 31.2 Å². The predicted octanol–water partition coefficient (Wildman–Crippen LogP) is 4.13.